The van der Waals surface area contributed by atoms with Crippen molar-refractivity contribution in [1.29, 1.82) is 0 Å². The molecule has 1 saturated heterocycles. The zero-order valence-electron chi connectivity index (χ0n) is 16.9. The molecular weight excluding hydrogens is 442 g/mol. The van der Waals surface area contributed by atoms with Crippen LogP contribution in [-0.4, -0.2) is 63.3 Å². The van der Waals surface area contributed by atoms with E-state index in [2.05, 4.69) is 20.4 Å². The van der Waals surface area contributed by atoms with Crippen LogP contribution in [0.5, 0.6) is 0 Å². The van der Waals surface area contributed by atoms with E-state index in [1.165, 1.54) is 6.20 Å². The van der Waals surface area contributed by atoms with Crippen LogP contribution in [0.3, 0.4) is 0 Å². The van der Waals surface area contributed by atoms with Gasteiger partial charge in [-0.05, 0) is 24.7 Å². The third-order valence-electron chi connectivity index (χ3n) is 4.82. The van der Waals surface area contributed by atoms with Gasteiger partial charge in [-0.1, -0.05) is 6.92 Å². The Labute approximate surface area is 179 Å². The number of carbonyl (C=O) groups is 1. The van der Waals surface area contributed by atoms with Gasteiger partial charge < -0.3 is 4.90 Å². The van der Waals surface area contributed by atoms with Crippen molar-refractivity contribution < 1.29 is 31.1 Å². The lowest BCUT2D eigenvalue weighted by atomic mass is 10.0. The first-order chi connectivity index (χ1) is 15.0. The monoisotopic (exact) mass is 462 g/mol. The average molecular weight is 462 g/mol. The van der Waals surface area contributed by atoms with E-state index < -0.39 is 35.0 Å². The van der Waals surface area contributed by atoms with Gasteiger partial charge in [-0.15, -0.1) is 5.10 Å². The molecule has 32 heavy (non-hydrogen) atoms. The van der Waals surface area contributed by atoms with Crippen molar-refractivity contribution in [1.82, 2.24) is 30.1 Å². The molecule has 0 unspecified atom stereocenters. The van der Waals surface area contributed by atoms with E-state index in [1.54, 1.807) is 5.01 Å². The van der Waals surface area contributed by atoms with Gasteiger partial charge in [0.25, 0.3) is 5.91 Å². The second kappa shape index (κ2) is 9.28. The molecule has 0 atom stereocenters. The van der Waals surface area contributed by atoms with Crippen LogP contribution in [-0.2, 0) is 17.1 Å². The van der Waals surface area contributed by atoms with Crippen molar-refractivity contribution in [2.75, 3.05) is 32.7 Å². The van der Waals surface area contributed by atoms with Crippen molar-refractivity contribution in [3.8, 4) is 11.4 Å². The Kier molecular flexibility index (Phi) is 6.88. The van der Waals surface area contributed by atoms with Crippen LogP contribution in [0, 0.1) is 0 Å². The number of rotatable bonds is 5. The molecule has 2 aromatic rings. The fraction of sp³-hybridized carbons (Fsp3) is 0.421. The molecule has 2 heterocycles. The highest BCUT2D eigenvalue weighted by Crippen LogP contribution is 2.38. The summed E-state index contributed by atoms with van der Waals surface area (Å²) in [5, 5.41) is 5.61. The number of halogens is 6. The Hall–Kier alpha value is -2.93. The lowest BCUT2D eigenvalue weighted by Gasteiger charge is -2.33. The number of carbonyl (C=O) groups excluding carboxylic acids is 1. The number of piperazine rings is 1. The van der Waals surface area contributed by atoms with Gasteiger partial charge in [0.15, 0.2) is 5.82 Å². The fourth-order valence-corrected chi connectivity index (χ4v) is 3.08. The van der Waals surface area contributed by atoms with Gasteiger partial charge >= 0.3 is 12.4 Å². The largest absolute Gasteiger partial charge is 0.416 e. The minimum atomic E-state index is -4.97. The molecule has 0 radical (unpaired) electrons. The number of hydrogen-bond donors (Lipinski definition) is 1. The van der Waals surface area contributed by atoms with Crippen molar-refractivity contribution in [2.24, 2.45) is 0 Å². The van der Waals surface area contributed by atoms with E-state index >= 15 is 0 Å². The maximum Gasteiger partial charge on any atom is 0.416 e. The third-order valence-corrected chi connectivity index (χ3v) is 4.82. The Morgan fingerprint density at radius 2 is 1.62 bits per heavy atom. The second-order valence-corrected chi connectivity index (χ2v) is 7.06. The van der Waals surface area contributed by atoms with Gasteiger partial charge in [-0.2, -0.15) is 26.3 Å². The lowest BCUT2D eigenvalue weighted by Crippen LogP contribution is -2.53. The topological polar surface area (TPSA) is 66.3 Å². The molecule has 1 aliphatic rings. The Balaban J connectivity index is 1.72. The van der Waals surface area contributed by atoms with Crippen LogP contribution in [0.2, 0.25) is 0 Å². The van der Waals surface area contributed by atoms with E-state index in [4.69, 9.17) is 0 Å². The molecule has 13 heteroatoms. The third kappa shape index (κ3) is 6.07. The fourth-order valence-electron chi connectivity index (χ4n) is 3.08. The quantitative estimate of drug-likeness (QED) is 0.547. The normalized spacial score (nSPS) is 16.6. The molecule has 0 spiro atoms. The molecule has 0 saturated carbocycles. The number of hydrogen-bond acceptors (Lipinski definition) is 5. The number of nitrogens with one attached hydrogen (secondary N) is 1. The minimum absolute atomic E-state index is 0.0328. The van der Waals surface area contributed by atoms with Crippen LogP contribution in [0.15, 0.2) is 30.6 Å². The number of nitrogens with zero attached hydrogens (tertiary/aromatic N) is 5. The van der Waals surface area contributed by atoms with Crippen LogP contribution >= 0.6 is 0 Å². The number of aromatic nitrogens is 3. The van der Waals surface area contributed by atoms with Crippen molar-refractivity contribution in [2.45, 2.75) is 19.3 Å². The molecule has 1 aliphatic heterocycles. The molecule has 0 bridgehead atoms. The van der Waals surface area contributed by atoms with E-state index in [0.29, 0.717) is 25.2 Å². The molecule has 7 nitrogen and oxygen atoms in total. The number of amides is 1. The first-order valence-corrected chi connectivity index (χ1v) is 9.63. The first kappa shape index (κ1) is 23.7. The number of benzene rings is 1. The average Bonchev–Trinajstić information content (AvgIpc) is 3.20. The van der Waals surface area contributed by atoms with Gasteiger partial charge in [0.1, 0.15) is 6.33 Å². The lowest BCUT2D eigenvalue weighted by molar-refractivity contribution is -0.143. The van der Waals surface area contributed by atoms with Crippen LogP contribution in [0.25, 0.3) is 17.6 Å². The van der Waals surface area contributed by atoms with Gasteiger partial charge in [0.2, 0.25) is 0 Å². The predicted molar refractivity (Wildman–Crippen MR) is 103 cm³/mol. The first-order valence-electron chi connectivity index (χ1n) is 9.63. The molecular formula is C19H20F6N6O. The zero-order chi connectivity index (χ0) is 23.5. The molecule has 174 valence electrons. The standard InChI is InChI=1S/C19H20F6N6O/c1-2-29-5-7-30(8-6-29)27-16(32)3-4-31-12-26-17(28-31)13-9-14(18(20,21)22)11-15(10-13)19(23,24)25/h3-4,9-12H,2,5-8H2,1H3,(H,27,32). The summed E-state index contributed by atoms with van der Waals surface area (Å²) in [5.74, 6) is -0.798. The molecule has 0 aliphatic carbocycles. The maximum absolute atomic E-state index is 13.0. The van der Waals surface area contributed by atoms with Crippen molar-refractivity contribution in [3.05, 3.63) is 41.7 Å². The van der Waals surface area contributed by atoms with Crippen molar-refractivity contribution >= 4 is 12.1 Å². The predicted octanol–water partition coefficient (Wildman–Crippen LogP) is 3.12. The maximum atomic E-state index is 13.0. The van der Waals surface area contributed by atoms with E-state index in [-0.39, 0.29) is 11.9 Å². The Bertz CT molecular complexity index is 943. The van der Waals surface area contributed by atoms with Gasteiger partial charge in [0, 0.05) is 44.0 Å². The van der Waals surface area contributed by atoms with Gasteiger partial charge in [0.05, 0.1) is 11.1 Å². The van der Waals surface area contributed by atoms with E-state index in [0.717, 1.165) is 36.7 Å². The summed E-state index contributed by atoms with van der Waals surface area (Å²) < 4.78 is 79.2. The van der Waals surface area contributed by atoms with Crippen molar-refractivity contribution in [3.63, 3.8) is 0 Å². The summed E-state index contributed by atoms with van der Waals surface area (Å²) >= 11 is 0. The SMILES string of the molecule is CCN1CCN(NC(=O)C=Cn2cnc(-c3cc(C(F)(F)F)cc(C(F)(F)F)c3)n2)CC1. The molecule has 1 amide bonds. The van der Waals surface area contributed by atoms with Crippen LogP contribution < -0.4 is 5.43 Å². The van der Waals surface area contributed by atoms with Gasteiger partial charge in [-0.3, -0.25) is 10.2 Å². The highest BCUT2D eigenvalue weighted by atomic mass is 19.4. The summed E-state index contributed by atoms with van der Waals surface area (Å²) in [5.41, 5.74) is -0.680. The Morgan fingerprint density at radius 3 is 2.16 bits per heavy atom. The van der Waals surface area contributed by atoms with Crippen LogP contribution in [0.4, 0.5) is 26.3 Å². The molecule has 1 fully saturated rings. The number of alkyl halides is 6. The summed E-state index contributed by atoms with van der Waals surface area (Å²) in [6, 6.07) is 1.12. The summed E-state index contributed by atoms with van der Waals surface area (Å²) in [6.45, 7) is 5.89. The minimum Gasteiger partial charge on any atom is -0.301 e. The highest BCUT2D eigenvalue weighted by molar-refractivity contribution is 5.89. The zero-order valence-corrected chi connectivity index (χ0v) is 16.9. The number of hydrazine groups is 1. The molecule has 1 aromatic heterocycles. The van der Waals surface area contributed by atoms with E-state index in [1.807, 2.05) is 6.92 Å². The summed E-state index contributed by atoms with van der Waals surface area (Å²) in [4.78, 5) is 18.0. The molecule has 1 aromatic carbocycles. The van der Waals surface area contributed by atoms with E-state index in [9.17, 15) is 31.1 Å². The summed E-state index contributed by atoms with van der Waals surface area (Å²) in [7, 11) is 0. The highest BCUT2D eigenvalue weighted by Gasteiger charge is 2.37. The summed E-state index contributed by atoms with van der Waals surface area (Å²) in [6.07, 6.45) is -6.53. The van der Waals surface area contributed by atoms with Crippen LogP contribution in [0.1, 0.15) is 18.1 Å². The van der Waals surface area contributed by atoms with Gasteiger partial charge in [-0.25, -0.2) is 14.7 Å². The molecule has 3 rings (SSSR count). The Morgan fingerprint density at radius 1 is 1.03 bits per heavy atom. The second-order valence-electron chi connectivity index (χ2n) is 7.06. The number of likely N-dealkylation sites (N-methyl/N-ethyl adjacent to an activating group) is 1. The smallest absolute Gasteiger partial charge is 0.301 e. The molecule has 1 N–H and O–H groups in total.